The third-order valence-corrected chi connectivity index (χ3v) is 1.85. The van der Waals surface area contributed by atoms with Crippen molar-refractivity contribution >= 4 is 11.8 Å². The number of rotatable bonds is 6. The van der Waals surface area contributed by atoms with Crippen LogP contribution >= 0.6 is 0 Å². The molecule has 100 valence electrons. The van der Waals surface area contributed by atoms with Gasteiger partial charge in [0.25, 0.3) is 0 Å². The van der Waals surface area contributed by atoms with Crippen molar-refractivity contribution in [3.8, 4) is 0 Å². The number of methoxy groups -OCH3 is 1. The second-order valence-electron chi connectivity index (χ2n) is 4.90. The van der Waals surface area contributed by atoms with E-state index in [2.05, 4.69) is 10.6 Å². The molecule has 0 aliphatic heterocycles. The molecular formula is C11H23N3O3. The number of hydrogen-bond donors (Lipinski definition) is 3. The first kappa shape index (κ1) is 15.9. The molecule has 6 heteroatoms. The van der Waals surface area contributed by atoms with Crippen molar-refractivity contribution in [2.75, 3.05) is 20.3 Å². The molecule has 0 aromatic rings. The van der Waals surface area contributed by atoms with Gasteiger partial charge in [-0.25, -0.2) is 0 Å². The number of nitrogens with two attached hydrogens (primary N) is 1. The van der Waals surface area contributed by atoms with Crippen molar-refractivity contribution in [3.05, 3.63) is 0 Å². The summed E-state index contributed by atoms with van der Waals surface area (Å²) in [4.78, 5) is 22.8. The largest absolute Gasteiger partial charge is 0.383 e. The van der Waals surface area contributed by atoms with Crippen molar-refractivity contribution in [1.29, 1.82) is 0 Å². The van der Waals surface area contributed by atoms with Crippen LogP contribution in [-0.4, -0.2) is 43.7 Å². The maximum Gasteiger partial charge on any atom is 0.239 e. The number of carbonyl (C=O) groups is 2. The summed E-state index contributed by atoms with van der Waals surface area (Å²) < 4.78 is 4.75. The molecule has 0 saturated heterocycles. The van der Waals surface area contributed by atoms with E-state index >= 15 is 0 Å². The van der Waals surface area contributed by atoms with Crippen LogP contribution in [0.3, 0.4) is 0 Å². The second-order valence-corrected chi connectivity index (χ2v) is 4.90. The van der Waals surface area contributed by atoms with Gasteiger partial charge in [-0.05, 0) is 20.8 Å². The van der Waals surface area contributed by atoms with Gasteiger partial charge in [0.15, 0.2) is 0 Å². The zero-order chi connectivity index (χ0) is 13.5. The van der Waals surface area contributed by atoms with Crippen molar-refractivity contribution in [2.45, 2.75) is 38.8 Å². The summed E-state index contributed by atoms with van der Waals surface area (Å²) in [6.07, 6.45) is 0.239. The van der Waals surface area contributed by atoms with Gasteiger partial charge in [-0.3, -0.25) is 9.59 Å². The maximum absolute atomic E-state index is 11.4. The Morgan fingerprint density at radius 2 is 1.94 bits per heavy atom. The van der Waals surface area contributed by atoms with E-state index in [0.717, 1.165) is 0 Å². The van der Waals surface area contributed by atoms with Crippen molar-refractivity contribution in [3.63, 3.8) is 0 Å². The Hall–Kier alpha value is -1.14. The first-order valence-electron chi connectivity index (χ1n) is 5.59. The molecular weight excluding hydrogens is 222 g/mol. The summed E-state index contributed by atoms with van der Waals surface area (Å²) in [5, 5.41) is 5.38. The minimum atomic E-state index is -0.689. The van der Waals surface area contributed by atoms with E-state index in [9.17, 15) is 9.59 Å². The van der Waals surface area contributed by atoms with Gasteiger partial charge < -0.3 is 21.1 Å². The van der Waals surface area contributed by atoms with Gasteiger partial charge >= 0.3 is 0 Å². The molecule has 0 aromatic heterocycles. The average Bonchev–Trinajstić information content (AvgIpc) is 2.14. The second kappa shape index (κ2) is 7.24. The monoisotopic (exact) mass is 245 g/mol. The Bertz CT molecular complexity index is 261. The van der Waals surface area contributed by atoms with Crippen LogP contribution in [0.1, 0.15) is 27.2 Å². The molecule has 2 amide bonds. The number of hydrogen-bond acceptors (Lipinski definition) is 4. The van der Waals surface area contributed by atoms with Crippen LogP contribution in [0.5, 0.6) is 0 Å². The fourth-order valence-corrected chi connectivity index (χ4v) is 1.17. The lowest BCUT2D eigenvalue weighted by Crippen LogP contribution is -2.45. The molecule has 0 heterocycles. The van der Waals surface area contributed by atoms with Gasteiger partial charge in [0.2, 0.25) is 11.8 Å². The Morgan fingerprint density at radius 3 is 2.41 bits per heavy atom. The molecule has 0 rings (SSSR count). The summed E-state index contributed by atoms with van der Waals surface area (Å²) in [6, 6.07) is -0.689. The summed E-state index contributed by atoms with van der Waals surface area (Å²) in [5.41, 5.74) is 5.25. The highest BCUT2D eigenvalue weighted by molar-refractivity contribution is 5.82. The average molecular weight is 245 g/mol. The number of carbonyl (C=O) groups excluding carboxylic acids is 2. The Kier molecular flexibility index (Phi) is 6.75. The first-order valence-corrected chi connectivity index (χ1v) is 5.59. The lowest BCUT2D eigenvalue weighted by atomic mass is 10.1. The Morgan fingerprint density at radius 1 is 1.35 bits per heavy atom. The summed E-state index contributed by atoms with van der Waals surface area (Å²) >= 11 is 0. The van der Waals surface area contributed by atoms with Crippen LogP contribution in [0.4, 0.5) is 0 Å². The molecule has 6 nitrogen and oxygen atoms in total. The highest BCUT2D eigenvalue weighted by atomic mass is 16.5. The van der Waals surface area contributed by atoms with Gasteiger partial charge in [0.1, 0.15) is 6.04 Å². The van der Waals surface area contributed by atoms with Crippen LogP contribution in [0.15, 0.2) is 0 Å². The van der Waals surface area contributed by atoms with E-state index in [1.807, 2.05) is 20.8 Å². The molecule has 17 heavy (non-hydrogen) atoms. The van der Waals surface area contributed by atoms with E-state index in [-0.39, 0.29) is 36.9 Å². The number of ether oxygens (including phenoxy) is 1. The quantitative estimate of drug-likeness (QED) is 0.581. The van der Waals surface area contributed by atoms with E-state index in [0.29, 0.717) is 0 Å². The molecule has 0 aliphatic rings. The molecule has 4 N–H and O–H groups in total. The molecule has 0 radical (unpaired) electrons. The molecule has 0 bridgehead atoms. The zero-order valence-electron chi connectivity index (χ0n) is 11.0. The van der Waals surface area contributed by atoms with Gasteiger partial charge in [-0.1, -0.05) is 0 Å². The smallest absolute Gasteiger partial charge is 0.239 e. The molecule has 1 atom stereocenters. The van der Waals surface area contributed by atoms with Crippen LogP contribution < -0.4 is 16.4 Å². The normalized spacial score (nSPS) is 13.0. The number of nitrogens with one attached hydrogen (secondary N) is 2. The molecule has 0 aromatic carbocycles. The van der Waals surface area contributed by atoms with Crippen LogP contribution in [0.2, 0.25) is 0 Å². The van der Waals surface area contributed by atoms with E-state index in [4.69, 9.17) is 10.5 Å². The first-order chi connectivity index (χ1) is 7.76. The molecule has 0 saturated carbocycles. The maximum atomic E-state index is 11.4. The highest BCUT2D eigenvalue weighted by Gasteiger charge is 2.15. The van der Waals surface area contributed by atoms with Crippen LogP contribution in [-0.2, 0) is 14.3 Å². The Balaban J connectivity index is 3.77. The standard InChI is InChI=1S/C11H23N3O3/c1-11(2,3)14-9(15)5-6-13-10(16)8(12)7-17-4/h8H,5-7,12H2,1-4H3,(H,13,16)(H,14,15). The minimum absolute atomic E-state index is 0.0990. The summed E-state index contributed by atoms with van der Waals surface area (Å²) in [5.74, 6) is -0.409. The fourth-order valence-electron chi connectivity index (χ4n) is 1.17. The van der Waals surface area contributed by atoms with Crippen molar-refractivity contribution in [1.82, 2.24) is 10.6 Å². The minimum Gasteiger partial charge on any atom is -0.383 e. The van der Waals surface area contributed by atoms with Gasteiger partial charge in [0.05, 0.1) is 6.61 Å². The van der Waals surface area contributed by atoms with E-state index in [1.54, 1.807) is 0 Å². The highest BCUT2D eigenvalue weighted by Crippen LogP contribution is 1.98. The molecule has 0 spiro atoms. The van der Waals surface area contributed by atoms with Gasteiger partial charge in [-0.15, -0.1) is 0 Å². The summed E-state index contributed by atoms with van der Waals surface area (Å²) in [6.45, 7) is 6.14. The van der Waals surface area contributed by atoms with E-state index in [1.165, 1.54) is 7.11 Å². The number of amides is 2. The molecule has 1 unspecified atom stereocenters. The van der Waals surface area contributed by atoms with Crippen molar-refractivity contribution < 1.29 is 14.3 Å². The molecule has 0 fully saturated rings. The van der Waals surface area contributed by atoms with Crippen molar-refractivity contribution in [2.24, 2.45) is 5.73 Å². The third-order valence-electron chi connectivity index (χ3n) is 1.85. The summed E-state index contributed by atoms with van der Waals surface area (Å²) in [7, 11) is 1.48. The zero-order valence-corrected chi connectivity index (χ0v) is 11.0. The topological polar surface area (TPSA) is 93.4 Å². The molecule has 0 aliphatic carbocycles. The predicted octanol–water partition coefficient (Wildman–Crippen LogP) is -0.619. The van der Waals surface area contributed by atoms with Gasteiger partial charge in [-0.2, -0.15) is 0 Å². The van der Waals surface area contributed by atoms with Gasteiger partial charge in [0, 0.05) is 25.6 Å². The lowest BCUT2D eigenvalue weighted by molar-refractivity contribution is -0.124. The van der Waals surface area contributed by atoms with E-state index < -0.39 is 6.04 Å². The Labute approximate surface area is 102 Å². The predicted molar refractivity (Wildman–Crippen MR) is 65.4 cm³/mol. The fraction of sp³-hybridized carbons (Fsp3) is 0.818. The van der Waals surface area contributed by atoms with Crippen LogP contribution in [0, 0.1) is 0 Å². The SMILES string of the molecule is COCC(N)C(=O)NCCC(=O)NC(C)(C)C. The van der Waals surface area contributed by atoms with Crippen LogP contribution in [0.25, 0.3) is 0 Å². The lowest BCUT2D eigenvalue weighted by Gasteiger charge is -2.20. The third kappa shape index (κ3) is 8.65.